The average Bonchev–Trinajstić information content (AvgIpc) is 3.18. The van der Waals surface area contributed by atoms with Crippen molar-refractivity contribution in [1.82, 2.24) is 24.9 Å². The van der Waals surface area contributed by atoms with E-state index in [0.717, 1.165) is 59.9 Å². The Hall–Kier alpha value is -2.67. The number of anilines is 1. The molecule has 0 atom stereocenters. The van der Waals surface area contributed by atoms with Gasteiger partial charge in [0.15, 0.2) is 5.65 Å². The molecule has 0 bridgehead atoms. The van der Waals surface area contributed by atoms with Crippen molar-refractivity contribution in [2.45, 2.75) is 25.8 Å². The number of hydrogen-bond donors (Lipinski definition) is 1. The third-order valence-electron chi connectivity index (χ3n) is 6.03. The molecule has 1 fully saturated rings. The van der Waals surface area contributed by atoms with Crippen LogP contribution in [0.1, 0.15) is 18.7 Å². The SMILES string of the molecule is CNC1CCN(c2nc(C)nc3c(-c4ccc(Cl)cc4)c(-c4ccccc4Cl)nn23)CC1. The molecule has 2 aromatic heterocycles. The van der Waals surface area contributed by atoms with Crippen LogP contribution >= 0.6 is 23.2 Å². The van der Waals surface area contributed by atoms with Gasteiger partial charge in [0.2, 0.25) is 5.95 Å². The lowest BCUT2D eigenvalue weighted by atomic mass is 10.0. The fraction of sp³-hybridized carbons (Fsp3) is 0.292. The molecule has 1 aliphatic rings. The smallest absolute Gasteiger partial charge is 0.230 e. The van der Waals surface area contributed by atoms with Gasteiger partial charge in [-0.3, -0.25) is 0 Å². The minimum atomic E-state index is 0.533. The Morgan fingerprint density at radius 1 is 0.969 bits per heavy atom. The van der Waals surface area contributed by atoms with Crippen LogP contribution in [0.4, 0.5) is 5.95 Å². The van der Waals surface area contributed by atoms with Crippen LogP contribution in [0, 0.1) is 6.92 Å². The first-order valence-corrected chi connectivity index (χ1v) is 11.5. The van der Waals surface area contributed by atoms with E-state index in [9.17, 15) is 0 Å². The van der Waals surface area contributed by atoms with Crippen LogP contribution in [-0.2, 0) is 0 Å². The van der Waals surface area contributed by atoms with Crippen molar-refractivity contribution in [2.75, 3.05) is 25.0 Å². The number of halogens is 2. The molecule has 2 aromatic carbocycles. The molecule has 6 nitrogen and oxygen atoms in total. The van der Waals surface area contributed by atoms with Crippen LogP contribution in [0.2, 0.25) is 10.0 Å². The molecule has 4 aromatic rings. The zero-order valence-corrected chi connectivity index (χ0v) is 19.5. The molecule has 5 rings (SSSR count). The van der Waals surface area contributed by atoms with Crippen LogP contribution in [0.15, 0.2) is 48.5 Å². The lowest BCUT2D eigenvalue weighted by molar-refractivity contribution is 0.436. The third kappa shape index (κ3) is 3.83. The van der Waals surface area contributed by atoms with E-state index in [-0.39, 0.29) is 0 Å². The van der Waals surface area contributed by atoms with E-state index in [1.807, 2.05) is 67.0 Å². The van der Waals surface area contributed by atoms with Gasteiger partial charge in [-0.05, 0) is 50.6 Å². The van der Waals surface area contributed by atoms with Gasteiger partial charge in [-0.1, -0.05) is 53.5 Å². The largest absolute Gasteiger partial charge is 0.341 e. The lowest BCUT2D eigenvalue weighted by Gasteiger charge is -2.32. The molecule has 0 aliphatic carbocycles. The Labute approximate surface area is 197 Å². The van der Waals surface area contributed by atoms with Crippen molar-refractivity contribution in [1.29, 1.82) is 0 Å². The van der Waals surface area contributed by atoms with E-state index >= 15 is 0 Å². The number of fused-ring (bicyclic) bond motifs is 1. The molecule has 32 heavy (non-hydrogen) atoms. The molecule has 1 saturated heterocycles. The first-order valence-electron chi connectivity index (χ1n) is 10.8. The Balaban J connectivity index is 1.74. The number of hydrogen-bond acceptors (Lipinski definition) is 5. The van der Waals surface area contributed by atoms with Crippen molar-refractivity contribution >= 4 is 34.8 Å². The van der Waals surface area contributed by atoms with E-state index in [1.165, 1.54) is 0 Å². The van der Waals surface area contributed by atoms with Gasteiger partial charge in [-0.25, -0.2) is 4.98 Å². The second-order valence-corrected chi connectivity index (χ2v) is 8.91. The zero-order valence-electron chi connectivity index (χ0n) is 18.0. The normalized spacial score (nSPS) is 14.9. The number of nitrogens with zero attached hydrogens (tertiary/aromatic N) is 5. The Morgan fingerprint density at radius 3 is 2.38 bits per heavy atom. The summed E-state index contributed by atoms with van der Waals surface area (Å²) < 4.78 is 1.87. The Morgan fingerprint density at radius 2 is 1.69 bits per heavy atom. The molecule has 1 aliphatic heterocycles. The van der Waals surface area contributed by atoms with E-state index in [2.05, 4.69) is 10.2 Å². The summed E-state index contributed by atoms with van der Waals surface area (Å²) in [6.45, 7) is 3.75. The predicted molar refractivity (Wildman–Crippen MR) is 131 cm³/mol. The van der Waals surface area contributed by atoms with Gasteiger partial charge in [0.25, 0.3) is 0 Å². The second-order valence-electron chi connectivity index (χ2n) is 8.07. The molecule has 0 radical (unpaired) electrons. The molecule has 164 valence electrons. The highest BCUT2D eigenvalue weighted by Gasteiger charge is 2.26. The van der Waals surface area contributed by atoms with Gasteiger partial charge < -0.3 is 10.2 Å². The van der Waals surface area contributed by atoms with Gasteiger partial charge in [0.05, 0.1) is 10.6 Å². The Kier molecular flexibility index (Phi) is 5.76. The molecule has 1 N–H and O–H groups in total. The molecule has 0 spiro atoms. The summed E-state index contributed by atoms with van der Waals surface area (Å²) in [6, 6.07) is 16.1. The number of aromatic nitrogens is 4. The van der Waals surface area contributed by atoms with Gasteiger partial charge in [-0.15, -0.1) is 0 Å². The first-order chi connectivity index (χ1) is 15.5. The van der Waals surface area contributed by atoms with Crippen LogP contribution in [-0.4, -0.2) is 45.8 Å². The monoisotopic (exact) mass is 466 g/mol. The van der Waals surface area contributed by atoms with E-state index in [0.29, 0.717) is 21.9 Å². The van der Waals surface area contributed by atoms with Crippen molar-refractivity contribution in [3.05, 3.63) is 64.4 Å². The van der Waals surface area contributed by atoms with Crippen molar-refractivity contribution in [3.8, 4) is 22.4 Å². The van der Waals surface area contributed by atoms with Crippen LogP contribution < -0.4 is 10.2 Å². The van der Waals surface area contributed by atoms with Crippen molar-refractivity contribution < 1.29 is 0 Å². The molecule has 3 heterocycles. The topological polar surface area (TPSA) is 58.3 Å². The predicted octanol–water partition coefficient (Wildman–Crippen LogP) is 5.26. The summed E-state index contributed by atoms with van der Waals surface area (Å²) in [5.74, 6) is 1.53. The average molecular weight is 467 g/mol. The minimum Gasteiger partial charge on any atom is -0.341 e. The van der Waals surface area contributed by atoms with Gasteiger partial charge in [0.1, 0.15) is 11.5 Å². The van der Waals surface area contributed by atoms with Crippen LogP contribution in [0.3, 0.4) is 0 Å². The van der Waals surface area contributed by atoms with E-state index < -0.39 is 0 Å². The zero-order chi connectivity index (χ0) is 22.2. The van der Waals surface area contributed by atoms with Crippen LogP contribution in [0.25, 0.3) is 28.0 Å². The van der Waals surface area contributed by atoms with Gasteiger partial charge in [0, 0.05) is 29.7 Å². The standard InChI is InChI=1S/C24H24Cl2N6/c1-15-28-23-21(16-7-9-17(25)10-8-16)22(19-5-3-4-6-20(19)26)30-32(23)24(29-15)31-13-11-18(27-2)12-14-31/h3-10,18,27H,11-14H2,1-2H3. The third-order valence-corrected chi connectivity index (χ3v) is 6.61. The van der Waals surface area contributed by atoms with E-state index in [1.54, 1.807) is 0 Å². The second kappa shape index (κ2) is 8.70. The summed E-state index contributed by atoms with van der Waals surface area (Å²) in [5, 5.41) is 9.73. The van der Waals surface area contributed by atoms with Crippen molar-refractivity contribution in [2.24, 2.45) is 0 Å². The van der Waals surface area contributed by atoms with E-state index in [4.69, 9.17) is 38.3 Å². The maximum Gasteiger partial charge on any atom is 0.230 e. The first kappa shape index (κ1) is 21.2. The maximum absolute atomic E-state index is 6.60. The van der Waals surface area contributed by atoms with Gasteiger partial charge >= 0.3 is 0 Å². The molecular formula is C24H24Cl2N6. The fourth-order valence-electron chi connectivity index (χ4n) is 4.32. The number of piperidine rings is 1. The summed E-state index contributed by atoms with van der Waals surface area (Å²) in [7, 11) is 2.02. The summed E-state index contributed by atoms with van der Waals surface area (Å²) in [5.41, 5.74) is 4.32. The Bertz CT molecular complexity index is 1260. The maximum atomic E-state index is 6.60. The molecule has 8 heteroatoms. The fourth-order valence-corrected chi connectivity index (χ4v) is 4.67. The summed E-state index contributed by atoms with van der Waals surface area (Å²) >= 11 is 12.8. The van der Waals surface area contributed by atoms with Crippen LogP contribution in [0.5, 0.6) is 0 Å². The summed E-state index contributed by atoms with van der Waals surface area (Å²) in [4.78, 5) is 11.9. The number of benzene rings is 2. The molecule has 0 amide bonds. The highest BCUT2D eigenvalue weighted by atomic mass is 35.5. The molecule has 0 saturated carbocycles. The van der Waals surface area contributed by atoms with Crippen molar-refractivity contribution in [3.63, 3.8) is 0 Å². The van der Waals surface area contributed by atoms with Gasteiger partial charge in [-0.2, -0.15) is 14.6 Å². The number of aryl methyl sites for hydroxylation is 1. The number of nitrogens with one attached hydrogen (secondary N) is 1. The quantitative estimate of drug-likeness (QED) is 0.444. The number of rotatable bonds is 4. The minimum absolute atomic E-state index is 0.533. The summed E-state index contributed by atoms with van der Waals surface area (Å²) in [6.07, 6.45) is 2.12. The molecule has 0 unspecified atom stereocenters. The lowest BCUT2D eigenvalue weighted by Crippen LogP contribution is -2.42. The highest BCUT2D eigenvalue weighted by molar-refractivity contribution is 6.33. The molecular weight excluding hydrogens is 443 g/mol. The highest BCUT2D eigenvalue weighted by Crippen LogP contribution is 2.39.